The van der Waals surface area contributed by atoms with Crippen molar-refractivity contribution in [1.29, 1.82) is 0 Å². The first-order chi connectivity index (χ1) is 20.1. The molecule has 1 saturated heterocycles. The van der Waals surface area contributed by atoms with E-state index in [4.69, 9.17) is 25.8 Å². The third-order valence-corrected chi connectivity index (χ3v) is 7.77. The smallest absolute Gasteiger partial charge is 0.294 e. The van der Waals surface area contributed by atoms with E-state index in [1.54, 1.807) is 42.5 Å². The molecule has 1 fully saturated rings. The molecule has 1 aliphatic heterocycles. The molecule has 4 rings (SSSR count). The largest absolute Gasteiger partial charge is 0.495 e. The fraction of sp³-hybridized carbons (Fsp3) is 0.179. The average Bonchev–Trinajstić information content (AvgIpc) is 3.20. The topological polar surface area (TPSA) is 137 Å². The Hall–Kier alpha value is -3.82. The number of amides is 3. The number of hydrogen-bond donors (Lipinski definition) is 1. The lowest BCUT2D eigenvalue weighted by Gasteiger charge is -2.15. The van der Waals surface area contributed by atoms with Gasteiger partial charge in [0.25, 0.3) is 16.8 Å². The molecular weight excluding hydrogens is 701 g/mol. The minimum absolute atomic E-state index is 0.0140. The first-order valence-corrected chi connectivity index (χ1v) is 14.6. The fourth-order valence-electron chi connectivity index (χ4n) is 3.82. The van der Waals surface area contributed by atoms with Crippen molar-refractivity contribution >= 4 is 80.5 Å². The van der Waals surface area contributed by atoms with E-state index in [0.29, 0.717) is 43.7 Å². The zero-order valence-corrected chi connectivity index (χ0v) is 25.9. The second kappa shape index (κ2) is 13.9. The van der Waals surface area contributed by atoms with E-state index >= 15 is 0 Å². The Morgan fingerprint density at radius 3 is 2.50 bits per heavy atom. The van der Waals surface area contributed by atoms with E-state index in [1.807, 2.05) is 6.92 Å². The number of carbonyl (C=O) groups is 3. The molecule has 3 amide bonds. The van der Waals surface area contributed by atoms with E-state index in [0.717, 1.165) is 22.2 Å². The summed E-state index contributed by atoms with van der Waals surface area (Å²) in [6, 6.07) is 14.2. The number of nitrogens with one attached hydrogen (secondary N) is 1. The number of methoxy groups -OCH3 is 1. The Balaban J connectivity index is 1.46. The molecule has 3 aromatic carbocycles. The Morgan fingerprint density at radius 1 is 1.12 bits per heavy atom. The summed E-state index contributed by atoms with van der Waals surface area (Å²) in [6.45, 7) is 1.84. The highest BCUT2D eigenvalue weighted by atomic mass is 127. The number of rotatable bonds is 11. The minimum Gasteiger partial charge on any atom is -0.495 e. The third kappa shape index (κ3) is 7.52. The molecule has 42 heavy (non-hydrogen) atoms. The number of halogens is 2. The van der Waals surface area contributed by atoms with Gasteiger partial charge in [-0.1, -0.05) is 11.6 Å². The molecular formula is C28H23ClIN3O8S. The molecule has 0 aliphatic carbocycles. The Labute approximate surface area is 263 Å². The number of nitrogens with zero attached hydrogens (tertiary/aromatic N) is 2. The number of anilines is 1. The lowest BCUT2D eigenvalue weighted by Crippen LogP contribution is -2.36. The van der Waals surface area contributed by atoms with Crippen molar-refractivity contribution < 1.29 is 33.5 Å². The Bertz CT molecular complexity index is 1580. The van der Waals surface area contributed by atoms with Crippen molar-refractivity contribution in [3.63, 3.8) is 0 Å². The lowest BCUT2D eigenvalue weighted by molar-refractivity contribution is -0.384. The van der Waals surface area contributed by atoms with Gasteiger partial charge in [0.05, 0.1) is 32.1 Å². The average molecular weight is 724 g/mol. The highest BCUT2D eigenvalue weighted by Crippen LogP contribution is 2.38. The molecule has 0 atom stereocenters. The number of carbonyl (C=O) groups excluding carboxylic acids is 3. The SMILES string of the molecule is CCOc1cc(/C=C2/SC(=O)N(CC(=O)Nc3ccc(OC)c(Cl)c3)C2=O)cc(I)c1OCc1ccc([N+](=O)[O-])cc1. The summed E-state index contributed by atoms with van der Waals surface area (Å²) in [7, 11) is 1.47. The summed E-state index contributed by atoms with van der Waals surface area (Å²) in [5, 5.41) is 13.2. The van der Waals surface area contributed by atoms with Crippen molar-refractivity contribution in [2.75, 3.05) is 25.6 Å². The maximum atomic E-state index is 13.0. The van der Waals surface area contributed by atoms with Crippen LogP contribution in [0.25, 0.3) is 6.08 Å². The summed E-state index contributed by atoms with van der Waals surface area (Å²) in [5.41, 5.74) is 1.70. The summed E-state index contributed by atoms with van der Waals surface area (Å²) >= 11 is 8.90. The maximum absolute atomic E-state index is 13.0. The van der Waals surface area contributed by atoms with E-state index in [2.05, 4.69) is 27.9 Å². The Morgan fingerprint density at radius 2 is 1.86 bits per heavy atom. The molecule has 0 aromatic heterocycles. The van der Waals surface area contributed by atoms with Gasteiger partial charge in [0.1, 0.15) is 18.9 Å². The number of imide groups is 1. The van der Waals surface area contributed by atoms with E-state index in [1.165, 1.54) is 25.3 Å². The van der Waals surface area contributed by atoms with Crippen molar-refractivity contribution in [3.05, 3.63) is 89.3 Å². The van der Waals surface area contributed by atoms with Gasteiger partial charge in [-0.2, -0.15) is 0 Å². The predicted octanol–water partition coefficient (Wildman–Crippen LogP) is 6.51. The Kier molecular flexibility index (Phi) is 10.3. The molecule has 14 heteroatoms. The first-order valence-electron chi connectivity index (χ1n) is 12.3. The number of nitro groups is 1. The van der Waals surface area contributed by atoms with Crippen molar-refractivity contribution in [3.8, 4) is 17.2 Å². The predicted molar refractivity (Wildman–Crippen MR) is 167 cm³/mol. The van der Waals surface area contributed by atoms with Crippen LogP contribution in [0.4, 0.5) is 16.2 Å². The van der Waals surface area contributed by atoms with Crippen LogP contribution >= 0.6 is 46.0 Å². The van der Waals surface area contributed by atoms with Gasteiger partial charge in [-0.15, -0.1) is 0 Å². The van der Waals surface area contributed by atoms with E-state index in [9.17, 15) is 24.5 Å². The van der Waals surface area contributed by atoms with Crippen molar-refractivity contribution in [2.45, 2.75) is 13.5 Å². The fourth-order valence-corrected chi connectivity index (χ4v) is 5.70. The van der Waals surface area contributed by atoms with E-state index in [-0.39, 0.29) is 17.2 Å². The molecule has 1 N–H and O–H groups in total. The van der Waals surface area contributed by atoms with Crippen molar-refractivity contribution in [1.82, 2.24) is 4.90 Å². The molecule has 0 spiro atoms. The molecule has 0 saturated carbocycles. The monoisotopic (exact) mass is 723 g/mol. The zero-order chi connectivity index (χ0) is 30.4. The first kappa shape index (κ1) is 31.1. The van der Waals surface area contributed by atoms with Crippen LogP contribution in [0.5, 0.6) is 17.2 Å². The number of nitro benzene ring substituents is 1. The molecule has 0 radical (unpaired) electrons. The molecule has 11 nitrogen and oxygen atoms in total. The number of ether oxygens (including phenoxy) is 3. The number of thioether (sulfide) groups is 1. The molecule has 0 unspecified atom stereocenters. The lowest BCUT2D eigenvalue weighted by atomic mass is 10.1. The molecule has 3 aromatic rings. The standard InChI is InChI=1S/C28H23ClIN3O8S/c1-3-40-23-11-17(10-21(30)26(23)41-15-16-4-7-19(8-5-16)33(37)38)12-24-27(35)32(28(36)42-24)14-25(34)31-18-6-9-22(39-2)20(29)13-18/h4-13H,3,14-15H2,1-2H3,(H,31,34)/b24-12+. The van der Waals surface area contributed by atoms with Gasteiger partial charge in [0, 0.05) is 17.8 Å². The normalized spacial score (nSPS) is 13.8. The number of hydrogen-bond acceptors (Lipinski definition) is 9. The second-order valence-corrected chi connectivity index (χ2v) is 11.2. The molecule has 0 bridgehead atoms. The summed E-state index contributed by atoms with van der Waals surface area (Å²) < 4.78 is 17.5. The molecule has 1 heterocycles. The number of non-ortho nitro benzene ring substituents is 1. The highest BCUT2D eigenvalue weighted by molar-refractivity contribution is 14.1. The summed E-state index contributed by atoms with van der Waals surface area (Å²) in [5.74, 6) is 0.171. The highest BCUT2D eigenvalue weighted by Gasteiger charge is 2.36. The zero-order valence-electron chi connectivity index (χ0n) is 22.2. The van der Waals surface area contributed by atoms with Gasteiger partial charge in [-0.25, -0.2) is 0 Å². The third-order valence-electron chi connectivity index (χ3n) is 5.77. The van der Waals surface area contributed by atoms with Crippen LogP contribution in [0.15, 0.2) is 59.5 Å². The van der Waals surface area contributed by atoms with Crippen LogP contribution in [0.2, 0.25) is 5.02 Å². The minimum atomic E-state index is -0.598. The van der Waals surface area contributed by atoms with Crippen LogP contribution in [0.3, 0.4) is 0 Å². The second-order valence-electron chi connectivity index (χ2n) is 8.64. The van der Waals surface area contributed by atoms with Crippen LogP contribution in [0, 0.1) is 13.7 Å². The van der Waals surface area contributed by atoms with Gasteiger partial charge in [0.2, 0.25) is 5.91 Å². The van der Waals surface area contributed by atoms with Gasteiger partial charge in [-0.05, 0) is 101 Å². The van der Waals surface area contributed by atoms with Crippen LogP contribution < -0.4 is 19.5 Å². The molecule has 218 valence electrons. The van der Waals surface area contributed by atoms with Gasteiger partial charge < -0.3 is 19.5 Å². The maximum Gasteiger partial charge on any atom is 0.294 e. The van der Waals surface area contributed by atoms with Crippen LogP contribution in [0.1, 0.15) is 18.1 Å². The van der Waals surface area contributed by atoms with Gasteiger partial charge in [-0.3, -0.25) is 29.4 Å². The number of benzene rings is 3. The van der Waals surface area contributed by atoms with Crippen LogP contribution in [-0.4, -0.2) is 47.1 Å². The van der Waals surface area contributed by atoms with Gasteiger partial charge in [0.15, 0.2) is 11.5 Å². The molecule has 1 aliphatic rings. The van der Waals surface area contributed by atoms with Crippen molar-refractivity contribution in [2.24, 2.45) is 0 Å². The van der Waals surface area contributed by atoms with Crippen LogP contribution in [-0.2, 0) is 16.2 Å². The summed E-state index contributed by atoms with van der Waals surface area (Å²) in [6.07, 6.45) is 1.55. The van der Waals surface area contributed by atoms with E-state index < -0.39 is 28.5 Å². The summed E-state index contributed by atoms with van der Waals surface area (Å²) in [4.78, 5) is 49.7. The quantitative estimate of drug-likeness (QED) is 0.102. The van der Waals surface area contributed by atoms with Gasteiger partial charge >= 0.3 is 0 Å².